The predicted molar refractivity (Wildman–Crippen MR) is 119 cm³/mol. The summed E-state index contributed by atoms with van der Waals surface area (Å²) in [6.45, 7) is 9.12. The average molecular weight is 412 g/mol. The first-order valence-electron chi connectivity index (χ1n) is 10.8. The highest BCUT2D eigenvalue weighted by atomic mass is 16.5. The quantitative estimate of drug-likeness (QED) is 0.578. The molecule has 0 spiro atoms. The number of anilines is 1. The lowest BCUT2D eigenvalue weighted by Crippen LogP contribution is -2.34. The van der Waals surface area contributed by atoms with E-state index in [1.54, 1.807) is 18.3 Å². The van der Waals surface area contributed by atoms with Crippen LogP contribution in [0.1, 0.15) is 49.5 Å². The van der Waals surface area contributed by atoms with Crippen molar-refractivity contribution < 1.29 is 14.3 Å². The van der Waals surface area contributed by atoms with E-state index >= 15 is 0 Å². The number of esters is 1. The molecule has 0 aliphatic carbocycles. The van der Waals surface area contributed by atoms with Gasteiger partial charge in [-0.05, 0) is 63.6 Å². The van der Waals surface area contributed by atoms with E-state index in [4.69, 9.17) is 9.47 Å². The van der Waals surface area contributed by atoms with Gasteiger partial charge >= 0.3 is 5.97 Å². The Bertz CT molecular complexity index is 840. The minimum atomic E-state index is -0.311. The number of ether oxygens (including phenoxy) is 2. The van der Waals surface area contributed by atoms with Crippen molar-refractivity contribution in [1.29, 1.82) is 0 Å². The van der Waals surface area contributed by atoms with Crippen LogP contribution >= 0.6 is 0 Å². The van der Waals surface area contributed by atoms with Crippen molar-refractivity contribution in [1.82, 2.24) is 9.88 Å². The van der Waals surface area contributed by atoms with Crippen molar-refractivity contribution in [2.75, 3.05) is 31.6 Å². The number of hydrogen-bond donors (Lipinski definition) is 0. The molecule has 1 saturated heterocycles. The molecule has 1 aromatic heterocycles. The molecular formula is C24H33N3O3. The van der Waals surface area contributed by atoms with Gasteiger partial charge in [-0.2, -0.15) is 0 Å². The van der Waals surface area contributed by atoms with Crippen LogP contribution in [-0.2, 0) is 11.3 Å². The van der Waals surface area contributed by atoms with Crippen molar-refractivity contribution in [3.05, 3.63) is 53.7 Å². The number of nitrogens with zero attached hydrogens (tertiary/aromatic N) is 3. The van der Waals surface area contributed by atoms with Gasteiger partial charge in [-0.1, -0.05) is 19.1 Å². The Kier molecular flexibility index (Phi) is 7.69. The second-order valence-electron chi connectivity index (χ2n) is 8.13. The molecule has 3 rings (SSSR count). The van der Waals surface area contributed by atoms with Crippen LogP contribution in [0.15, 0.2) is 42.6 Å². The largest absolute Gasteiger partial charge is 0.494 e. The number of aromatic nitrogens is 1. The fourth-order valence-corrected chi connectivity index (χ4v) is 3.75. The number of likely N-dealkylation sites (N-methyl/N-ethyl adjacent to an activating group) is 1. The molecule has 1 atom stereocenters. The van der Waals surface area contributed by atoms with Crippen LogP contribution in [0.4, 0.5) is 5.82 Å². The molecule has 1 fully saturated rings. The molecule has 2 heterocycles. The number of hydrogen-bond acceptors (Lipinski definition) is 6. The molecule has 0 radical (unpaired) electrons. The highest BCUT2D eigenvalue weighted by Crippen LogP contribution is 2.26. The molecule has 1 unspecified atom stereocenters. The van der Waals surface area contributed by atoms with Crippen molar-refractivity contribution in [2.24, 2.45) is 0 Å². The molecule has 1 aliphatic rings. The van der Waals surface area contributed by atoms with E-state index < -0.39 is 0 Å². The van der Waals surface area contributed by atoms with Gasteiger partial charge in [0.25, 0.3) is 0 Å². The van der Waals surface area contributed by atoms with Crippen LogP contribution in [0, 0.1) is 0 Å². The third kappa shape index (κ3) is 5.72. The first kappa shape index (κ1) is 22.1. The average Bonchev–Trinajstić information content (AvgIpc) is 3.22. The molecule has 0 saturated carbocycles. The Hall–Kier alpha value is -2.60. The summed E-state index contributed by atoms with van der Waals surface area (Å²) in [5, 5.41) is 0. The lowest BCUT2D eigenvalue weighted by molar-refractivity contribution is 0.0378. The summed E-state index contributed by atoms with van der Waals surface area (Å²) in [7, 11) is 2.15. The summed E-state index contributed by atoms with van der Waals surface area (Å²) in [6, 6.07) is 12.3. The van der Waals surface area contributed by atoms with E-state index in [1.165, 1.54) is 5.56 Å². The standard InChI is InChI=1S/C24H33N3O3/c1-5-14-29-21-9-6-8-19(15-21)16-26(4)20-11-13-27(17-20)23-22(10-7-12-25-23)24(28)30-18(2)3/h6-10,12,15,18,20H,5,11,13-14,16-17H2,1-4H3. The van der Waals surface area contributed by atoms with Gasteiger partial charge < -0.3 is 14.4 Å². The monoisotopic (exact) mass is 411 g/mol. The van der Waals surface area contributed by atoms with Crippen LogP contribution in [0.5, 0.6) is 5.75 Å². The van der Waals surface area contributed by atoms with Crippen molar-refractivity contribution in [2.45, 2.75) is 52.3 Å². The van der Waals surface area contributed by atoms with Crippen LogP contribution in [0.25, 0.3) is 0 Å². The Labute approximate surface area is 179 Å². The zero-order valence-electron chi connectivity index (χ0n) is 18.5. The maximum Gasteiger partial charge on any atom is 0.342 e. The zero-order chi connectivity index (χ0) is 21.5. The SMILES string of the molecule is CCCOc1cccc(CN(C)C2CCN(c3ncccc3C(=O)OC(C)C)C2)c1. The molecule has 0 bridgehead atoms. The highest BCUT2D eigenvalue weighted by Gasteiger charge is 2.29. The molecular weight excluding hydrogens is 378 g/mol. The second kappa shape index (κ2) is 10.4. The maximum absolute atomic E-state index is 12.5. The van der Waals surface area contributed by atoms with E-state index in [2.05, 4.69) is 47.0 Å². The van der Waals surface area contributed by atoms with Gasteiger partial charge in [-0.15, -0.1) is 0 Å². The third-order valence-electron chi connectivity index (χ3n) is 5.24. The van der Waals surface area contributed by atoms with Gasteiger partial charge in [0.05, 0.1) is 12.7 Å². The number of rotatable bonds is 9. The number of carbonyl (C=O) groups is 1. The normalized spacial score (nSPS) is 16.3. The smallest absolute Gasteiger partial charge is 0.342 e. The van der Waals surface area contributed by atoms with E-state index in [-0.39, 0.29) is 12.1 Å². The Balaban J connectivity index is 1.64. The fourth-order valence-electron chi connectivity index (χ4n) is 3.75. The lowest BCUT2D eigenvalue weighted by Gasteiger charge is -2.26. The number of carbonyl (C=O) groups excluding carboxylic acids is 1. The van der Waals surface area contributed by atoms with Gasteiger partial charge in [-0.3, -0.25) is 4.90 Å². The van der Waals surface area contributed by atoms with E-state index in [0.29, 0.717) is 17.4 Å². The lowest BCUT2D eigenvalue weighted by atomic mass is 10.1. The molecule has 6 heteroatoms. The molecule has 30 heavy (non-hydrogen) atoms. The van der Waals surface area contributed by atoms with Crippen LogP contribution in [-0.4, -0.2) is 54.7 Å². The highest BCUT2D eigenvalue weighted by molar-refractivity contribution is 5.94. The second-order valence-corrected chi connectivity index (χ2v) is 8.13. The number of pyridine rings is 1. The van der Waals surface area contributed by atoms with Crippen molar-refractivity contribution in [3.63, 3.8) is 0 Å². The topological polar surface area (TPSA) is 54.9 Å². The van der Waals surface area contributed by atoms with Crippen LogP contribution in [0.2, 0.25) is 0 Å². The first-order valence-corrected chi connectivity index (χ1v) is 10.8. The fraction of sp³-hybridized carbons (Fsp3) is 0.500. The molecule has 0 amide bonds. The van der Waals surface area contributed by atoms with E-state index in [0.717, 1.165) is 44.8 Å². The Morgan fingerprint density at radius 1 is 1.30 bits per heavy atom. The Morgan fingerprint density at radius 3 is 2.90 bits per heavy atom. The molecule has 1 aromatic carbocycles. The summed E-state index contributed by atoms with van der Waals surface area (Å²) >= 11 is 0. The first-order chi connectivity index (χ1) is 14.5. The zero-order valence-corrected chi connectivity index (χ0v) is 18.5. The molecule has 6 nitrogen and oxygen atoms in total. The van der Waals surface area contributed by atoms with E-state index in [1.807, 2.05) is 19.9 Å². The Morgan fingerprint density at radius 2 is 2.13 bits per heavy atom. The molecule has 162 valence electrons. The number of benzene rings is 1. The van der Waals surface area contributed by atoms with Gasteiger partial charge in [0.1, 0.15) is 17.1 Å². The summed E-state index contributed by atoms with van der Waals surface area (Å²) < 4.78 is 11.2. The van der Waals surface area contributed by atoms with Gasteiger partial charge in [-0.25, -0.2) is 9.78 Å². The predicted octanol–water partition coefficient (Wildman–Crippen LogP) is 4.15. The molecule has 1 aliphatic heterocycles. The van der Waals surface area contributed by atoms with Crippen LogP contribution in [0.3, 0.4) is 0 Å². The maximum atomic E-state index is 12.5. The summed E-state index contributed by atoms with van der Waals surface area (Å²) in [6.07, 6.45) is 3.61. The minimum Gasteiger partial charge on any atom is -0.494 e. The van der Waals surface area contributed by atoms with Crippen molar-refractivity contribution >= 4 is 11.8 Å². The van der Waals surface area contributed by atoms with Gasteiger partial charge in [0.2, 0.25) is 0 Å². The van der Waals surface area contributed by atoms with Gasteiger partial charge in [0.15, 0.2) is 0 Å². The summed E-state index contributed by atoms with van der Waals surface area (Å²) in [4.78, 5) is 21.5. The van der Waals surface area contributed by atoms with Crippen LogP contribution < -0.4 is 9.64 Å². The summed E-state index contributed by atoms with van der Waals surface area (Å²) in [5.41, 5.74) is 1.78. The third-order valence-corrected chi connectivity index (χ3v) is 5.24. The minimum absolute atomic E-state index is 0.153. The molecule has 2 aromatic rings. The molecule has 0 N–H and O–H groups in total. The van der Waals surface area contributed by atoms with E-state index in [9.17, 15) is 4.79 Å². The van der Waals surface area contributed by atoms with Gasteiger partial charge in [0, 0.05) is 31.9 Å². The van der Waals surface area contributed by atoms with Crippen molar-refractivity contribution in [3.8, 4) is 5.75 Å². The summed E-state index contributed by atoms with van der Waals surface area (Å²) in [5.74, 6) is 1.33.